The molecule has 0 saturated heterocycles. The molecule has 0 saturated carbocycles. The van der Waals surface area contributed by atoms with Gasteiger partial charge in [-0.3, -0.25) is 0 Å². The van der Waals surface area contributed by atoms with Crippen molar-refractivity contribution in [3.8, 4) is 17.2 Å². The zero-order chi connectivity index (χ0) is 14.5. The monoisotopic (exact) mass is 270 g/mol. The second-order valence-electron chi connectivity index (χ2n) is 4.36. The van der Waals surface area contributed by atoms with Crippen molar-refractivity contribution in [1.82, 2.24) is 10.2 Å². The molecule has 1 N–H and O–H groups in total. The Kier molecular flexibility index (Phi) is 4.35. The van der Waals surface area contributed by atoms with Gasteiger partial charge in [-0.25, -0.2) is 0 Å². The summed E-state index contributed by atoms with van der Waals surface area (Å²) in [5.41, 5.74) is 2.47. The topological polar surface area (TPSA) is 59.2 Å². The molecule has 1 aromatic carbocycles. The van der Waals surface area contributed by atoms with Crippen LogP contribution in [0.2, 0.25) is 0 Å². The number of aromatic nitrogens is 2. The molecule has 0 unspecified atom stereocenters. The molecule has 0 fully saturated rings. The minimum Gasteiger partial charge on any atom is -0.507 e. The van der Waals surface area contributed by atoms with Gasteiger partial charge in [-0.15, -0.1) is 10.2 Å². The number of phenols is 1. The highest BCUT2D eigenvalue weighted by molar-refractivity contribution is 5.69. The molecule has 0 spiro atoms. The smallest absolute Gasteiger partial charge is 0.251 e. The summed E-state index contributed by atoms with van der Waals surface area (Å²) in [5, 5.41) is 18.0. The third-order valence-electron chi connectivity index (χ3n) is 3.03. The van der Waals surface area contributed by atoms with E-state index in [9.17, 15) is 5.11 Å². The van der Waals surface area contributed by atoms with Crippen LogP contribution in [0.15, 0.2) is 40.8 Å². The Balaban J connectivity index is 2.38. The molecule has 4 heteroatoms. The van der Waals surface area contributed by atoms with Gasteiger partial charge in [0.1, 0.15) is 5.75 Å². The molecule has 20 heavy (non-hydrogen) atoms. The first kappa shape index (κ1) is 14.1. The Morgan fingerprint density at radius 2 is 2.10 bits per heavy atom. The first-order valence-corrected chi connectivity index (χ1v) is 6.64. The van der Waals surface area contributed by atoms with Gasteiger partial charge in [0, 0.05) is 5.57 Å². The van der Waals surface area contributed by atoms with Gasteiger partial charge in [-0.05, 0) is 38.0 Å². The second kappa shape index (κ2) is 6.19. The summed E-state index contributed by atoms with van der Waals surface area (Å²) < 4.78 is 5.63. The molecule has 1 heterocycles. The van der Waals surface area contributed by atoms with Crippen LogP contribution in [0.1, 0.15) is 32.2 Å². The Morgan fingerprint density at radius 1 is 1.30 bits per heavy atom. The summed E-state index contributed by atoms with van der Waals surface area (Å²) in [7, 11) is 0. The van der Waals surface area contributed by atoms with Crippen LogP contribution in [0, 0.1) is 0 Å². The van der Waals surface area contributed by atoms with Gasteiger partial charge in [0.15, 0.2) is 0 Å². The summed E-state index contributed by atoms with van der Waals surface area (Å²) in [6.45, 7) is 5.87. The van der Waals surface area contributed by atoms with Crippen LogP contribution >= 0.6 is 0 Å². The number of allylic oxidation sites excluding steroid dienone is 4. The Hall–Kier alpha value is -2.36. The van der Waals surface area contributed by atoms with E-state index in [1.807, 2.05) is 45.1 Å². The van der Waals surface area contributed by atoms with E-state index >= 15 is 0 Å². The second-order valence-corrected chi connectivity index (χ2v) is 4.36. The maximum absolute atomic E-state index is 10.0. The van der Waals surface area contributed by atoms with Gasteiger partial charge in [0.05, 0.1) is 5.56 Å². The fraction of sp³-hybridized carbons (Fsp3) is 0.250. The third kappa shape index (κ3) is 2.79. The van der Waals surface area contributed by atoms with E-state index in [0.29, 0.717) is 17.3 Å². The third-order valence-corrected chi connectivity index (χ3v) is 3.03. The molecular weight excluding hydrogens is 252 g/mol. The zero-order valence-corrected chi connectivity index (χ0v) is 11.9. The Labute approximate surface area is 118 Å². The summed E-state index contributed by atoms with van der Waals surface area (Å²) in [6.07, 6.45) is 6.58. The van der Waals surface area contributed by atoms with Gasteiger partial charge in [-0.1, -0.05) is 31.2 Å². The first-order valence-electron chi connectivity index (χ1n) is 6.64. The highest BCUT2D eigenvalue weighted by Gasteiger charge is 2.14. The fourth-order valence-corrected chi connectivity index (χ4v) is 1.90. The van der Waals surface area contributed by atoms with Crippen molar-refractivity contribution < 1.29 is 9.52 Å². The van der Waals surface area contributed by atoms with Crippen LogP contribution in [0.25, 0.3) is 17.0 Å². The number of rotatable bonds is 4. The van der Waals surface area contributed by atoms with Crippen molar-refractivity contribution in [3.63, 3.8) is 0 Å². The van der Waals surface area contributed by atoms with E-state index in [1.54, 1.807) is 12.1 Å². The lowest BCUT2D eigenvalue weighted by Gasteiger charge is -2.02. The molecule has 0 bridgehead atoms. The van der Waals surface area contributed by atoms with E-state index in [0.717, 1.165) is 17.6 Å². The molecular formula is C16H18N2O2. The molecule has 0 amide bonds. The predicted molar refractivity (Wildman–Crippen MR) is 79.2 cm³/mol. The number of aromatic hydroxyl groups is 1. The van der Waals surface area contributed by atoms with Crippen molar-refractivity contribution in [2.45, 2.75) is 27.2 Å². The number of hydrogen-bond acceptors (Lipinski definition) is 4. The lowest BCUT2D eigenvalue weighted by Crippen LogP contribution is -1.83. The minimum atomic E-state index is 0.160. The molecule has 2 rings (SSSR count). The molecule has 0 aliphatic rings. The van der Waals surface area contributed by atoms with Crippen LogP contribution in [0.4, 0.5) is 0 Å². The predicted octanol–water partition coefficient (Wildman–Crippen LogP) is 3.98. The lowest BCUT2D eigenvalue weighted by molar-refractivity contribution is 0.471. The van der Waals surface area contributed by atoms with Gasteiger partial charge >= 0.3 is 0 Å². The maximum atomic E-state index is 10.0. The largest absolute Gasteiger partial charge is 0.507 e. The standard InChI is InChI=1S/C16H18N2O2/c1-4-7-12(6-3)15-17-18-16(20-15)13-9-8-11(5-2)10-14(13)19/h4,6-10,19H,5H2,1-3H3/b7-4-,12-6+. The summed E-state index contributed by atoms with van der Waals surface area (Å²) >= 11 is 0. The number of hydrogen-bond donors (Lipinski definition) is 1. The molecule has 0 atom stereocenters. The van der Waals surface area contributed by atoms with Crippen molar-refractivity contribution in [3.05, 3.63) is 47.9 Å². The number of phenolic OH excluding ortho intramolecular Hbond substituents is 1. The Morgan fingerprint density at radius 3 is 2.70 bits per heavy atom. The van der Waals surface area contributed by atoms with Gasteiger partial charge < -0.3 is 9.52 Å². The van der Waals surface area contributed by atoms with Crippen molar-refractivity contribution in [1.29, 1.82) is 0 Å². The SMILES string of the molecule is C/C=C\C(=C/C)c1nnc(-c2ccc(CC)cc2O)o1. The quantitative estimate of drug-likeness (QED) is 0.853. The van der Waals surface area contributed by atoms with E-state index in [2.05, 4.69) is 10.2 Å². The minimum absolute atomic E-state index is 0.160. The van der Waals surface area contributed by atoms with Crippen LogP contribution in [-0.4, -0.2) is 15.3 Å². The molecule has 1 aromatic heterocycles. The van der Waals surface area contributed by atoms with E-state index < -0.39 is 0 Å². The van der Waals surface area contributed by atoms with Crippen LogP contribution in [0.5, 0.6) is 5.75 Å². The zero-order valence-electron chi connectivity index (χ0n) is 11.9. The van der Waals surface area contributed by atoms with Crippen LogP contribution in [-0.2, 0) is 6.42 Å². The molecule has 4 nitrogen and oxygen atoms in total. The summed E-state index contributed by atoms with van der Waals surface area (Å²) in [4.78, 5) is 0. The maximum Gasteiger partial charge on any atom is 0.251 e. The van der Waals surface area contributed by atoms with Crippen molar-refractivity contribution in [2.75, 3.05) is 0 Å². The number of benzene rings is 1. The Bertz CT molecular complexity index is 654. The van der Waals surface area contributed by atoms with Gasteiger partial charge in [0.25, 0.3) is 5.89 Å². The average molecular weight is 270 g/mol. The van der Waals surface area contributed by atoms with Gasteiger partial charge in [-0.2, -0.15) is 0 Å². The molecule has 0 radical (unpaired) electrons. The average Bonchev–Trinajstić information content (AvgIpc) is 2.93. The first-order chi connectivity index (χ1) is 9.69. The van der Waals surface area contributed by atoms with E-state index in [4.69, 9.17) is 4.42 Å². The molecule has 0 aliphatic carbocycles. The fourth-order valence-electron chi connectivity index (χ4n) is 1.90. The van der Waals surface area contributed by atoms with Crippen LogP contribution in [0.3, 0.4) is 0 Å². The van der Waals surface area contributed by atoms with Gasteiger partial charge in [0.2, 0.25) is 5.89 Å². The van der Waals surface area contributed by atoms with E-state index in [1.165, 1.54) is 0 Å². The van der Waals surface area contributed by atoms with E-state index in [-0.39, 0.29) is 5.75 Å². The number of aryl methyl sites for hydroxylation is 1. The van der Waals surface area contributed by atoms with Crippen molar-refractivity contribution >= 4 is 5.57 Å². The normalized spacial score (nSPS) is 12.2. The summed E-state index contributed by atoms with van der Waals surface area (Å²) in [5.74, 6) is 0.927. The van der Waals surface area contributed by atoms with Crippen LogP contribution < -0.4 is 0 Å². The lowest BCUT2D eigenvalue weighted by atomic mass is 10.1. The highest BCUT2D eigenvalue weighted by atomic mass is 16.4. The summed E-state index contributed by atoms with van der Waals surface area (Å²) in [6, 6.07) is 5.47. The highest BCUT2D eigenvalue weighted by Crippen LogP contribution is 2.30. The van der Waals surface area contributed by atoms with Crippen molar-refractivity contribution in [2.24, 2.45) is 0 Å². The molecule has 104 valence electrons. The molecule has 0 aliphatic heterocycles. The number of nitrogens with zero attached hydrogens (tertiary/aromatic N) is 2. The molecule has 2 aromatic rings.